The van der Waals surface area contributed by atoms with Gasteiger partial charge in [-0.3, -0.25) is 9.59 Å². The van der Waals surface area contributed by atoms with E-state index in [1.165, 1.54) is 31.4 Å². The summed E-state index contributed by atoms with van der Waals surface area (Å²) in [5.74, 6) is 1.85. The van der Waals surface area contributed by atoms with Crippen LogP contribution >= 0.6 is 0 Å². The molecule has 0 bridgehead atoms. The highest BCUT2D eigenvalue weighted by atomic mass is 19.4. The van der Waals surface area contributed by atoms with E-state index >= 15 is 0 Å². The van der Waals surface area contributed by atoms with Crippen LogP contribution in [-0.4, -0.2) is 31.0 Å². The van der Waals surface area contributed by atoms with Gasteiger partial charge in [-0.25, -0.2) is 0 Å². The van der Waals surface area contributed by atoms with E-state index in [9.17, 15) is 35.9 Å². The van der Waals surface area contributed by atoms with Crippen LogP contribution in [0.5, 0.6) is 34.5 Å². The minimum Gasteiger partial charge on any atom is -0.497 e. The van der Waals surface area contributed by atoms with Crippen molar-refractivity contribution in [2.24, 2.45) is 0 Å². The lowest BCUT2D eigenvalue weighted by Gasteiger charge is -2.38. The van der Waals surface area contributed by atoms with Crippen LogP contribution in [0.3, 0.4) is 0 Å². The molecule has 0 aromatic heterocycles. The number of hydrogen-bond acceptors (Lipinski definition) is 6. The van der Waals surface area contributed by atoms with Crippen LogP contribution in [0.15, 0.2) is 194 Å². The lowest BCUT2D eigenvalue weighted by Crippen LogP contribution is -2.54. The Kier molecular flexibility index (Phi) is 13.4. The molecule has 0 unspecified atom stereocenters. The molecule has 354 valence electrons. The minimum absolute atomic E-state index is 0.0154. The summed E-state index contributed by atoms with van der Waals surface area (Å²) in [4.78, 5) is 26.3. The van der Waals surface area contributed by atoms with Crippen LogP contribution in [0.1, 0.15) is 67.9 Å². The van der Waals surface area contributed by atoms with Crippen molar-refractivity contribution < 1.29 is 54.9 Å². The van der Waals surface area contributed by atoms with Gasteiger partial charge in [0.25, 0.3) is 0 Å². The second-order valence-electron chi connectivity index (χ2n) is 17.0. The fraction of sp³-hybridized carbons (Fsp3) is 0.138. The van der Waals surface area contributed by atoms with Crippen LogP contribution in [0.2, 0.25) is 0 Å². The van der Waals surface area contributed by atoms with Crippen LogP contribution in [0, 0.1) is 6.92 Å². The standard InChI is InChI=1S/C58H44F6O6/c1-37-5-7-40(8-6-37)53(65)42-15-27-49(28-16-42)68-48-25-11-38(12-26-48)39-13-31-52(32-14-39)70-55(2,3)44-19-9-41(10-20-44)54(66)43-17-29-50(30-18-43)69-51-35-23-46(24-36-51)56(57(59,60)61,58(62,63)64)45-21-33-47(67-4)34-22-45/h5-36H,1-4H3. The van der Waals surface area contributed by atoms with Crippen LogP contribution < -0.4 is 18.9 Å². The molecule has 8 rings (SSSR count). The molecule has 0 amide bonds. The summed E-state index contributed by atoms with van der Waals surface area (Å²) in [6, 6.07) is 50.0. The SMILES string of the molecule is COc1ccc(C(c2ccc(Oc3ccc(C(=O)c4ccc(C(C)(C)Oc5ccc(-c6ccc(Oc7ccc(C(=O)c8ccc(C)cc8)cc7)cc6)cc5)cc4)cc3)cc2)(C(F)(F)F)C(F)(F)F)cc1. The number of hydrogen-bond donors (Lipinski definition) is 0. The predicted molar refractivity (Wildman–Crippen MR) is 255 cm³/mol. The first kappa shape index (κ1) is 48.3. The average Bonchev–Trinajstić information content (AvgIpc) is 3.35. The smallest absolute Gasteiger partial charge is 0.411 e. The maximum atomic E-state index is 14.6. The Morgan fingerprint density at radius 2 is 0.657 bits per heavy atom. The van der Waals surface area contributed by atoms with E-state index < -0.39 is 34.5 Å². The maximum Gasteiger partial charge on any atom is 0.411 e. The van der Waals surface area contributed by atoms with Crippen molar-refractivity contribution in [3.63, 3.8) is 0 Å². The first-order valence-electron chi connectivity index (χ1n) is 22.0. The van der Waals surface area contributed by atoms with E-state index in [-0.39, 0.29) is 28.8 Å². The van der Waals surface area contributed by atoms with Crippen LogP contribution in [0.4, 0.5) is 26.3 Å². The Morgan fingerprint density at radius 3 is 1.01 bits per heavy atom. The van der Waals surface area contributed by atoms with Gasteiger partial charge in [-0.05, 0) is 146 Å². The van der Waals surface area contributed by atoms with Gasteiger partial charge >= 0.3 is 12.4 Å². The van der Waals surface area contributed by atoms with Crippen molar-refractivity contribution in [2.75, 3.05) is 7.11 Å². The number of aryl methyl sites for hydroxylation is 1. The van der Waals surface area contributed by atoms with E-state index in [2.05, 4.69) is 0 Å². The molecular formula is C58H44F6O6. The second kappa shape index (κ2) is 19.5. The zero-order valence-corrected chi connectivity index (χ0v) is 38.2. The quantitative estimate of drug-likeness (QED) is 0.0753. The monoisotopic (exact) mass is 950 g/mol. The molecule has 0 spiro atoms. The van der Waals surface area contributed by atoms with Gasteiger partial charge in [0.2, 0.25) is 5.41 Å². The van der Waals surface area contributed by atoms with Crippen molar-refractivity contribution in [3.05, 3.63) is 239 Å². The molecule has 0 radical (unpaired) electrons. The molecule has 0 atom stereocenters. The van der Waals surface area contributed by atoms with Gasteiger partial charge in [0.1, 0.15) is 40.1 Å². The van der Waals surface area contributed by atoms with Gasteiger partial charge in [0.05, 0.1) is 7.11 Å². The van der Waals surface area contributed by atoms with Gasteiger partial charge in [0.15, 0.2) is 11.6 Å². The van der Waals surface area contributed by atoms with Crippen molar-refractivity contribution in [1.29, 1.82) is 0 Å². The number of carbonyl (C=O) groups excluding carboxylic acids is 2. The zero-order chi connectivity index (χ0) is 49.8. The van der Waals surface area contributed by atoms with Crippen molar-refractivity contribution in [3.8, 4) is 45.6 Å². The molecule has 0 aliphatic rings. The molecule has 0 heterocycles. The Bertz CT molecular complexity index is 3060. The minimum atomic E-state index is -5.75. The molecule has 0 fully saturated rings. The summed E-state index contributed by atoms with van der Waals surface area (Å²) in [6.07, 6.45) is -11.5. The number of rotatable bonds is 15. The van der Waals surface area contributed by atoms with Gasteiger partial charge in [-0.1, -0.05) is 103 Å². The highest BCUT2D eigenvalue weighted by Gasteiger charge is 2.72. The number of alkyl halides is 6. The van der Waals surface area contributed by atoms with Crippen molar-refractivity contribution >= 4 is 11.6 Å². The molecule has 0 saturated carbocycles. The second-order valence-corrected chi connectivity index (χ2v) is 17.0. The Morgan fingerprint density at radius 1 is 0.371 bits per heavy atom. The summed E-state index contributed by atoms with van der Waals surface area (Å²) in [7, 11) is 1.25. The van der Waals surface area contributed by atoms with Crippen molar-refractivity contribution in [2.45, 2.75) is 44.1 Å². The lowest BCUT2D eigenvalue weighted by atomic mass is 9.73. The summed E-state index contributed by atoms with van der Waals surface area (Å²) in [5.41, 5.74) is -1.36. The molecule has 0 aliphatic heterocycles. The molecule has 6 nitrogen and oxygen atoms in total. The lowest BCUT2D eigenvalue weighted by molar-refractivity contribution is -0.288. The highest BCUT2D eigenvalue weighted by Crippen LogP contribution is 2.56. The number of ether oxygens (including phenoxy) is 4. The number of carbonyl (C=O) groups is 2. The van der Waals surface area contributed by atoms with E-state index in [0.717, 1.165) is 70.8 Å². The summed E-state index contributed by atoms with van der Waals surface area (Å²) >= 11 is 0. The fourth-order valence-electron chi connectivity index (χ4n) is 8.06. The van der Waals surface area contributed by atoms with E-state index in [1.807, 2.05) is 106 Å². The maximum absolute atomic E-state index is 14.6. The summed E-state index contributed by atoms with van der Waals surface area (Å²) in [5, 5.41) is 0. The first-order valence-corrected chi connectivity index (χ1v) is 22.0. The highest BCUT2D eigenvalue weighted by molar-refractivity contribution is 6.09. The average molecular weight is 951 g/mol. The topological polar surface area (TPSA) is 71.1 Å². The zero-order valence-electron chi connectivity index (χ0n) is 38.2. The van der Waals surface area contributed by atoms with Gasteiger partial charge in [-0.15, -0.1) is 0 Å². The van der Waals surface area contributed by atoms with Gasteiger partial charge < -0.3 is 18.9 Å². The number of methoxy groups -OCH3 is 1. The molecule has 0 saturated heterocycles. The molecule has 12 heteroatoms. The van der Waals surface area contributed by atoms with E-state index in [1.54, 1.807) is 36.4 Å². The number of halogens is 6. The molecule has 8 aromatic carbocycles. The largest absolute Gasteiger partial charge is 0.497 e. The van der Waals surface area contributed by atoms with E-state index in [0.29, 0.717) is 39.5 Å². The predicted octanol–water partition coefficient (Wildman–Crippen LogP) is 15.4. The molecule has 0 aliphatic carbocycles. The van der Waals surface area contributed by atoms with Gasteiger partial charge in [-0.2, -0.15) is 26.3 Å². The Labute approximate surface area is 400 Å². The molecular weight excluding hydrogens is 907 g/mol. The molecule has 0 N–H and O–H groups in total. The van der Waals surface area contributed by atoms with Crippen LogP contribution in [-0.2, 0) is 11.0 Å². The normalized spacial score (nSPS) is 12.0. The molecule has 70 heavy (non-hydrogen) atoms. The third kappa shape index (κ3) is 10.2. The number of ketones is 2. The molecule has 8 aromatic rings. The Hall–Kier alpha value is -8.12. The summed E-state index contributed by atoms with van der Waals surface area (Å²) < 4.78 is 111. The van der Waals surface area contributed by atoms with Crippen molar-refractivity contribution in [1.82, 2.24) is 0 Å². The summed E-state index contributed by atoms with van der Waals surface area (Å²) in [6.45, 7) is 5.81. The Balaban J connectivity index is 0.860. The first-order chi connectivity index (χ1) is 33.3. The number of benzene rings is 8. The van der Waals surface area contributed by atoms with Crippen LogP contribution in [0.25, 0.3) is 11.1 Å². The third-order valence-corrected chi connectivity index (χ3v) is 11.9. The van der Waals surface area contributed by atoms with E-state index in [4.69, 9.17) is 18.9 Å². The third-order valence-electron chi connectivity index (χ3n) is 11.9. The fourth-order valence-corrected chi connectivity index (χ4v) is 8.06. The van der Waals surface area contributed by atoms with Gasteiger partial charge in [0, 0.05) is 22.3 Å².